The van der Waals surface area contributed by atoms with E-state index in [2.05, 4.69) is 42.5 Å². The number of nitrogens with zero attached hydrogens (tertiary/aromatic N) is 5. The van der Waals surface area contributed by atoms with E-state index in [1.54, 1.807) is 20.5 Å². The van der Waals surface area contributed by atoms with Crippen molar-refractivity contribution in [3.8, 4) is 11.3 Å². The SMILES string of the molecule is CC(C)c1cc(-c2ccc(I)cc2)nn2cc(C(=O)N3CCN(C(=O)[C@H](O)CC(C)(C)C)[C@@H](C)C3)nc12. The summed E-state index contributed by atoms with van der Waals surface area (Å²) in [6.07, 6.45) is 1.06. The lowest BCUT2D eigenvalue weighted by Gasteiger charge is -2.40. The molecule has 1 aliphatic heterocycles. The zero-order valence-electron chi connectivity index (χ0n) is 22.4. The number of carbonyl (C=O) groups is 2. The summed E-state index contributed by atoms with van der Waals surface area (Å²) in [5.74, 6) is -0.242. The first kappa shape index (κ1) is 27.5. The lowest BCUT2D eigenvalue weighted by molar-refractivity contribution is -0.145. The molecule has 2 aromatic heterocycles. The second kappa shape index (κ2) is 10.7. The molecule has 1 aliphatic rings. The van der Waals surface area contributed by atoms with E-state index in [4.69, 9.17) is 10.1 Å². The van der Waals surface area contributed by atoms with Crippen LogP contribution in [-0.4, -0.2) is 73.1 Å². The van der Waals surface area contributed by atoms with Crippen LogP contribution in [0.4, 0.5) is 0 Å². The van der Waals surface area contributed by atoms with Gasteiger partial charge in [0, 0.05) is 40.4 Å². The zero-order chi connectivity index (χ0) is 27.1. The van der Waals surface area contributed by atoms with E-state index in [0.29, 0.717) is 37.4 Å². The van der Waals surface area contributed by atoms with Gasteiger partial charge in [0.1, 0.15) is 11.8 Å². The number of imidazole rings is 1. The van der Waals surface area contributed by atoms with Crippen LogP contribution in [0.1, 0.15) is 69.9 Å². The highest BCUT2D eigenvalue weighted by molar-refractivity contribution is 14.1. The van der Waals surface area contributed by atoms with Crippen molar-refractivity contribution >= 4 is 40.1 Å². The number of halogens is 1. The fourth-order valence-electron chi connectivity index (χ4n) is 4.78. The molecule has 4 rings (SSSR count). The lowest BCUT2D eigenvalue weighted by atomic mass is 9.88. The third-order valence-corrected chi connectivity index (χ3v) is 7.44. The van der Waals surface area contributed by atoms with Crippen LogP contribution >= 0.6 is 22.6 Å². The van der Waals surface area contributed by atoms with Crippen LogP contribution in [0.5, 0.6) is 0 Å². The molecule has 1 aromatic carbocycles. The monoisotopic (exact) mass is 617 g/mol. The number of piperazine rings is 1. The molecule has 0 saturated carbocycles. The van der Waals surface area contributed by atoms with Crippen LogP contribution in [0.2, 0.25) is 0 Å². The Morgan fingerprint density at radius 3 is 2.43 bits per heavy atom. The molecule has 3 heterocycles. The van der Waals surface area contributed by atoms with Crippen molar-refractivity contribution in [1.29, 1.82) is 0 Å². The maximum absolute atomic E-state index is 13.5. The van der Waals surface area contributed by atoms with Gasteiger partial charge < -0.3 is 14.9 Å². The number of rotatable bonds is 5. The second-order valence-corrected chi connectivity index (χ2v) is 12.7. The topological polar surface area (TPSA) is 91.0 Å². The number of hydrogen-bond donors (Lipinski definition) is 1. The van der Waals surface area contributed by atoms with E-state index < -0.39 is 6.10 Å². The summed E-state index contributed by atoms with van der Waals surface area (Å²) in [5, 5.41) is 15.2. The minimum Gasteiger partial charge on any atom is -0.383 e. The predicted molar refractivity (Wildman–Crippen MR) is 152 cm³/mol. The van der Waals surface area contributed by atoms with Crippen molar-refractivity contribution in [3.63, 3.8) is 0 Å². The smallest absolute Gasteiger partial charge is 0.274 e. The second-order valence-electron chi connectivity index (χ2n) is 11.5. The minimum atomic E-state index is -1.04. The Hall–Kier alpha value is -2.53. The van der Waals surface area contributed by atoms with Gasteiger partial charge in [0.05, 0.1) is 11.9 Å². The molecule has 37 heavy (non-hydrogen) atoms. The minimum absolute atomic E-state index is 0.152. The van der Waals surface area contributed by atoms with Crippen molar-refractivity contribution in [2.24, 2.45) is 5.41 Å². The number of hydrogen-bond acceptors (Lipinski definition) is 5. The summed E-state index contributed by atoms with van der Waals surface area (Å²) in [6, 6.07) is 10.0. The molecule has 2 amide bonds. The van der Waals surface area contributed by atoms with E-state index in [-0.39, 0.29) is 29.2 Å². The summed E-state index contributed by atoms with van der Waals surface area (Å²) in [4.78, 5) is 34.4. The predicted octanol–water partition coefficient (Wildman–Crippen LogP) is 4.59. The van der Waals surface area contributed by atoms with Gasteiger partial charge in [0.2, 0.25) is 0 Å². The van der Waals surface area contributed by atoms with Gasteiger partial charge >= 0.3 is 0 Å². The fourth-order valence-corrected chi connectivity index (χ4v) is 5.14. The summed E-state index contributed by atoms with van der Waals surface area (Å²) in [5.41, 5.74) is 3.74. The molecule has 1 N–H and O–H groups in total. The largest absolute Gasteiger partial charge is 0.383 e. The quantitative estimate of drug-likeness (QED) is 0.423. The van der Waals surface area contributed by atoms with E-state index in [9.17, 15) is 14.7 Å². The van der Waals surface area contributed by atoms with Gasteiger partial charge in [-0.1, -0.05) is 46.8 Å². The van der Waals surface area contributed by atoms with Crippen LogP contribution in [0, 0.1) is 8.99 Å². The van der Waals surface area contributed by atoms with Crippen LogP contribution in [0.25, 0.3) is 16.9 Å². The molecule has 0 spiro atoms. The third kappa shape index (κ3) is 6.14. The number of aromatic nitrogens is 3. The lowest BCUT2D eigenvalue weighted by Crippen LogP contribution is -2.57. The molecule has 1 saturated heterocycles. The van der Waals surface area contributed by atoms with Crippen molar-refractivity contribution in [3.05, 3.63) is 51.4 Å². The Morgan fingerprint density at radius 2 is 1.84 bits per heavy atom. The van der Waals surface area contributed by atoms with Crippen LogP contribution in [0.3, 0.4) is 0 Å². The molecule has 198 valence electrons. The van der Waals surface area contributed by atoms with Gasteiger partial charge in [-0.2, -0.15) is 5.10 Å². The zero-order valence-corrected chi connectivity index (χ0v) is 24.6. The van der Waals surface area contributed by atoms with Gasteiger partial charge in [-0.05, 0) is 65.5 Å². The third-order valence-electron chi connectivity index (χ3n) is 6.72. The highest BCUT2D eigenvalue weighted by Crippen LogP contribution is 2.27. The number of aliphatic hydroxyl groups is 1. The van der Waals surface area contributed by atoms with Crippen LogP contribution in [-0.2, 0) is 4.79 Å². The van der Waals surface area contributed by atoms with E-state index in [1.165, 1.54) is 0 Å². The van der Waals surface area contributed by atoms with E-state index in [0.717, 1.165) is 20.4 Å². The molecule has 3 aromatic rings. The van der Waals surface area contributed by atoms with E-state index >= 15 is 0 Å². The molecule has 2 atom stereocenters. The molecule has 1 fully saturated rings. The fraction of sp³-hybridized carbons (Fsp3) is 0.500. The summed E-state index contributed by atoms with van der Waals surface area (Å²) in [6.45, 7) is 13.3. The molecule has 8 nitrogen and oxygen atoms in total. The highest BCUT2D eigenvalue weighted by Gasteiger charge is 2.35. The molecular weight excluding hydrogens is 581 g/mol. The number of carbonyl (C=O) groups excluding carboxylic acids is 2. The molecule has 9 heteroatoms. The highest BCUT2D eigenvalue weighted by atomic mass is 127. The molecular formula is C28H36IN5O3. The number of fused-ring (bicyclic) bond motifs is 1. The Kier molecular flexibility index (Phi) is 7.94. The normalized spacial score (nSPS) is 17.5. The maximum atomic E-state index is 13.5. The molecule has 0 radical (unpaired) electrons. The molecule has 0 unspecified atom stereocenters. The summed E-state index contributed by atoms with van der Waals surface area (Å²) < 4.78 is 2.86. The van der Waals surface area contributed by atoms with Crippen molar-refractivity contribution < 1.29 is 14.7 Å². The Morgan fingerprint density at radius 1 is 1.16 bits per heavy atom. The first-order chi connectivity index (χ1) is 17.3. The molecule has 0 aliphatic carbocycles. The van der Waals surface area contributed by atoms with Gasteiger partial charge in [-0.15, -0.1) is 0 Å². The van der Waals surface area contributed by atoms with Gasteiger partial charge in [-0.25, -0.2) is 9.50 Å². The van der Waals surface area contributed by atoms with Crippen LogP contribution < -0.4 is 0 Å². The summed E-state index contributed by atoms with van der Waals surface area (Å²) in [7, 11) is 0. The Bertz CT molecular complexity index is 1300. The van der Waals surface area contributed by atoms with E-state index in [1.807, 2.05) is 52.0 Å². The van der Waals surface area contributed by atoms with Crippen molar-refractivity contribution in [2.75, 3.05) is 19.6 Å². The van der Waals surface area contributed by atoms with Gasteiger partial charge in [0.15, 0.2) is 5.65 Å². The standard InChI is InChI=1S/C28H36IN5O3/c1-17(2)21-13-22(19-7-9-20(29)10-8-19)31-34-16-23(30-25(21)34)26(36)32-11-12-33(18(3)15-32)27(37)24(35)14-28(4,5)6/h7-10,13,16-18,24,35H,11-12,14-15H2,1-6H3/t18-,24+/m0/s1. The average molecular weight is 618 g/mol. The van der Waals surface area contributed by atoms with Gasteiger partial charge in [-0.3, -0.25) is 9.59 Å². The van der Waals surface area contributed by atoms with Crippen molar-refractivity contribution in [2.45, 2.75) is 66.0 Å². The van der Waals surface area contributed by atoms with Gasteiger partial charge in [0.25, 0.3) is 11.8 Å². The van der Waals surface area contributed by atoms with Crippen LogP contribution in [0.15, 0.2) is 36.5 Å². The summed E-state index contributed by atoms with van der Waals surface area (Å²) >= 11 is 2.28. The average Bonchev–Trinajstić information content (AvgIpc) is 3.26. The first-order valence-corrected chi connectivity index (χ1v) is 13.9. The van der Waals surface area contributed by atoms with Crippen molar-refractivity contribution in [1.82, 2.24) is 24.4 Å². The maximum Gasteiger partial charge on any atom is 0.274 e. The number of amides is 2. The molecule has 0 bridgehead atoms. The number of benzene rings is 1. The Balaban J connectivity index is 1.55. The first-order valence-electron chi connectivity index (χ1n) is 12.8. The number of aliphatic hydroxyl groups excluding tert-OH is 1. The Labute approximate surface area is 232 Å².